The van der Waals surface area contributed by atoms with Gasteiger partial charge in [0, 0.05) is 12.6 Å². The lowest BCUT2D eigenvalue weighted by Crippen LogP contribution is -2.36. The highest BCUT2D eigenvalue weighted by Gasteiger charge is 2.21. The van der Waals surface area contributed by atoms with E-state index in [1.165, 1.54) is 44.2 Å². The predicted octanol–water partition coefficient (Wildman–Crippen LogP) is 3.98. The largest absolute Gasteiger partial charge is 0.505 e. The van der Waals surface area contributed by atoms with Crippen LogP contribution in [0.1, 0.15) is 51.0 Å². The maximum absolute atomic E-state index is 13.3. The fraction of sp³-hybridized carbons (Fsp3) is 0.625. The summed E-state index contributed by atoms with van der Waals surface area (Å²) in [5, 5.41) is 12.7. The molecule has 0 radical (unpaired) electrons. The zero-order valence-corrected chi connectivity index (χ0v) is 11.7. The van der Waals surface area contributed by atoms with Crippen LogP contribution in [0.3, 0.4) is 0 Å². The average Bonchev–Trinajstić information content (AvgIpc) is 2.44. The number of hydrogen-bond acceptors (Lipinski definition) is 2. The van der Waals surface area contributed by atoms with E-state index in [0.717, 1.165) is 17.9 Å². The molecule has 1 aliphatic rings. The first-order valence-electron chi connectivity index (χ1n) is 7.41. The number of hydrogen-bond donors (Lipinski definition) is 2. The minimum Gasteiger partial charge on any atom is -0.505 e. The van der Waals surface area contributed by atoms with E-state index in [-0.39, 0.29) is 5.75 Å². The summed E-state index contributed by atoms with van der Waals surface area (Å²) in [7, 11) is 0. The number of aromatic hydroxyl groups is 1. The van der Waals surface area contributed by atoms with Gasteiger partial charge in [-0.3, -0.25) is 0 Å². The lowest BCUT2D eigenvalue weighted by molar-refractivity contribution is 0.261. The normalized spacial score (nSPS) is 18.4. The first kappa shape index (κ1) is 14.3. The molecule has 0 saturated heterocycles. The molecule has 2 N–H and O–H groups in total. The first-order chi connectivity index (χ1) is 9.20. The van der Waals surface area contributed by atoms with E-state index < -0.39 is 5.82 Å². The van der Waals surface area contributed by atoms with Gasteiger partial charge in [0.25, 0.3) is 0 Å². The van der Waals surface area contributed by atoms with Crippen LogP contribution in [0, 0.1) is 11.7 Å². The first-order valence-corrected chi connectivity index (χ1v) is 7.41. The second kappa shape index (κ2) is 6.90. The van der Waals surface area contributed by atoms with Crippen molar-refractivity contribution in [1.29, 1.82) is 0 Å². The number of halogens is 1. The van der Waals surface area contributed by atoms with E-state index in [4.69, 9.17) is 0 Å². The minimum atomic E-state index is -0.537. The molecule has 106 valence electrons. The molecular formula is C16H24FNO. The summed E-state index contributed by atoms with van der Waals surface area (Å²) in [4.78, 5) is 0. The van der Waals surface area contributed by atoms with Gasteiger partial charge in [-0.15, -0.1) is 0 Å². The number of nitrogens with one attached hydrogen (secondary N) is 1. The Bertz CT molecular complexity index is 402. The standard InChI is InChI=1S/C16H24FNO/c1-2-15(13-6-4-3-5-7-13)18-11-12-8-9-16(19)14(17)10-12/h8-10,13,15,18-19H,2-7,11H2,1H3. The molecule has 0 spiro atoms. The van der Waals surface area contributed by atoms with Gasteiger partial charge in [0.15, 0.2) is 11.6 Å². The van der Waals surface area contributed by atoms with E-state index in [1.54, 1.807) is 6.07 Å². The fourth-order valence-corrected chi connectivity index (χ4v) is 3.09. The highest BCUT2D eigenvalue weighted by molar-refractivity contribution is 5.27. The van der Waals surface area contributed by atoms with Gasteiger partial charge < -0.3 is 10.4 Å². The molecule has 1 aromatic carbocycles. The summed E-state index contributed by atoms with van der Waals surface area (Å²) in [6, 6.07) is 5.14. The second-order valence-corrected chi connectivity index (χ2v) is 5.58. The molecule has 1 saturated carbocycles. The van der Waals surface area contributed by atoms with Crippen molar-refractivity contribution in [2.24, 2.45) is 5.92 Å². The number of phenolic OH excluding ortho intramolecular Hbond substituents is 1. The zero-order chi connectivity index (χ0) is 13.7. The smallest absolute Gasteiger partial charge is 0.165 e. The van der Waals surface area contributed by atoms with Crippen molar-refractivity contribution in [3.63, 3.8) is 0 Å². The summed E-state index contributed by atoms with van der Waals surface area (Å²) in [6.45, 7) is 2.88. The molecule has 0 amide bonds. The summed E-state index contributed by atoms with van der Waals surface area (Å²) >= 11 is 0. The third-order valence-electron chi connectivity index (χ3n) is 4.24. The Morgan fingerprint density at radius 3 is 2.68 bits per heavy atom. The van der Waals surface area contributed by atoms with Crippen LogP contribution in [-0.4, -0.2) is 11.1 Å². The third-order valence-corrected chi connectivity index (χ3v) is 4.24. The summed E-state index contributed by atoms with van der Waals surface area (Å²) in [5.74, 6) is -0.0474. The molecule has 19 heavy (non-hydrogen) atoms. The average molecular weight is 265 g/mol. The Morgan fingerprint density at radius 2 is 2.05 bits per heavy atom. The maximum atomic E-state index is 13.3. The highest BCUT2D eigenvalue weighted by Crippen LogP contribution is 2.28. The molecule has 0 aliphatic heterocycles. The van der Waals surface area contributed by atoms with Crippen LogP contribution in [0.2, 0.25) is 0 Å². The van der Waals surface area contributed by atoms with Gasteiger partial charge in [0.2, 0.25) is 0 Å². The Morgan fingerprint density at radius 1 is 1.32 bits per heavy atom. The number of rotatable bonds is 5. The van der Waals surface area contributed by atoms with Crippen LogP contribution in [-0.2, 0) is 6.54 Å². The van der Waals surface area contributed by atoms with Crippen LogP contribution in [0.25, 0.3) is 0 Å². The van der Waals surface area contributed by atoms with Gasteiger partial charge in [-0.2, -0.15) is 0 Å². The molecule has 2 nitrogen and oxygen atoms in total. The molecule has 2 rings (SSSR count). The second-order valence-electron chi connectivity index (χ2n) is 5.58. The van der Waals surface area contributed by atoms with Crippen LogP contribution >= 0.6 is 0 Å². The van der Waals surface area contributed by atoms with Gasteiger partial charge >= 0.3 is 0 Å². The van der Waals surface area contributed by atoms with Crippen LogP contribution in [0.5, 0.6) is 5.75 Å². The van der Waals surface area contributed by atoms with E-state index in [2.05, 4.69) is 12.2 Å². The Labute approximate surface area is 115 Å². The van der Waals surface area contributed by atoms with Crippen LogP contribution < -0.4 is 5.32 Å². The van der Waals surface area contributed by atoms with Crippen molar-refractivity contribution in [3.8, 4) is 5.75 Å². The molecule has 0 bridgehead atoms. The van der Waals surface area contributed by atoms with Crippen LogP contribution in [0.15, 0.2) is 18.2 Å². The SMILES string of the molecule is CCC(NCc1ccc(O)c(F)c1)C1CCCCC1. The lowest BCUT2D eigenvalue weighted by atomic mass is 9.83. The van der Waals surface area contributed by atoms with Crippen molar-refractivity contribution < 1.29 is 9.50 Å². The number of benzene rings is 1. The van der Waals surface area contributed by atoms with Crippen molar-refractivity contribution in [2.75, 3.05) is 0 Å². The molecule has 1 unspecified atom stereocenters. The lowest BCUT2D eigenvalue weighted by Gasteiger charge is -2.30. The van der Waals surface area contributed by atoms with Crippen molar-refractivity contribution in [1.82, 2.24) is 5.32 Å². The Hall–Kier alpha value is -1.09. The molecule has 3 heteroatoms. The Kier molecular flexibility index (Phi) is 5.20. The third kappa shape index (κ3) is 3.93. The highest BCUT2D eigenvalue weighted by atomic mass is 19.1. The Balaban J connectivity index is 1.89. The van der Waals surface area contributed by atoms with E-state index in [0.29, 0.717) is 12.6 Å². The van der Waals surface area contributed by atoms with Gasteiger partial charge in [0.1, 0.15) is 0 Å². The van der Waals surface area contributed by atoms with Crippen molar-refractivity contribution >= 4 is 0 Å². The quantitative estimate of drug-likeness (QED) is 0.844. The monoisotopic (exact) mass is 265 g/mol. The zero-order valence-electron chi connectivity index (χ0n) is 11.7. The molecular weight excluding hydrogens is 241 g/mol. The minimum absolute atomic E-state index is 0.275. The van der Waals surface area contributed by atoms with Crippen molar-refractivity contribution in [2.45, 2.75) is 58.0 Å². The van der Waals surface area contributed by atoms with Gasteiger partial charge in [-0.05, 0) is 42.9 Å². The molecule has 1 aliphatic carbocycles. The molecule has 1 fully saturated rings. The fourth-order valence-electron chi connectivity index (χ4n) is 3.09. The molecule has 0 heterocycles. The van der Waals surface area contributed by atoms with Gasteiger partial charge in [0.05, 0.1) is 0 Å². The maximum Gasteiger partial charge on any atom is 0.165 e. The number of phenols is 1. The van der Waals surface area contributed by atoms with E-state index >= 15 is 0 Å². The molecule has 1 atom stereocenters. The summed E-state index contributed by atoms with van der Waals surface area (Å²) in [5.41, 5.74) is 0.893. The topological polar surface area (TPSA) is 32.3 Å². The van der Waals surface area contributed by atoms with Crippen molar-refractivity contribution in [3.05, 3.63) is 29.6 Å². The van der Waals surface area contributed by atoms with E-state index in [9.17, 15) is 9.50 Å². The summed E-state index contributed by atoms with van der Waals surface area (Å²) < 4.78 is 13.3. The van der Waals surface area contributed by atoms with Gasteiger partial charge in [-0.1, -0.05) is 32.3 Å². The van der Waals surface area contributed by atoms with Gasteiger partial charge in [-0.25, -0.2) is 4.39 Å². The predicted molar refractivity (Wildman–Crippen MR) is 75.6 cm³/mol. The summed E-state index contributed by atoms with van der Waals surface area (Å²) in [6.07, 6.45) is 7.81. The molecule has 1 aromatic rings. The molecule has 0 aromatic heterocycles. The van der Waals surface area contributed by atoms with E-state index in [1.807, 2.05) is 0 Å². The van der Waals surface area contributed by atoms with Crippen LogP contribution in [0.4, 0.5) is 4.39 Å².